The van der Waals surface area contributed by atoms with E-state index in [1.807, 2.05) is 50.3 Å². The third-order valence-electron chi connectivity index (χ3n) is 4.12. The van der Waals surface area contributed by atoms with Crippen LogP contribution in [0.25, 0.3) is 0 Å². The third kappa shape index (κ3) is 8.71. The van der Waals surface area contributed by atoms with Gasteiger partial charge >= 0.3 is 0 Å². The van der Waals surface area contributed by atoms with E-state index in [0.29, 0.717) is 6.04 Å². The normalized spacial score (nSPS) is 15.9. The average molecular weight is 344 g/mol. The van der Waals surface area contributed by atoms with Crippen LogP contribution in [0.4, 0.5) is 0 Å². The summed E-state index contributed by atoms with van der Waals surface area (Å²) in [4.78, 5) is 0. The Kier molecular flexibility index (Phi) is 10.6. The quantitative estimate of drug-likeness (QED) is 0.441. The molecule has 2 N–H and O–H groups in total. The van der Waals surface area contributed by atoms with E-state index in [1.54, 1.807) is 7.11 Å². The van der Waals surface area contributed by atoms with Crippen molar-refractivity contribution >= 4 is 0 Å². The van der Waals surface area contributed by atoms with Crippen LogP contribution in [0.15, 0.2) is 60.7 Å². The third-order valence-corrected chi connectivity index (χ3v) is 4.12. The maximum atomic E-state index is 10.5. The van der Waals surface area contributed by atoms with Crippen molar-refractivity contribution < 1.29 is 9.84 Å². The largest absolute Gasteiger partial charge is 0.497 e. The van der Waals surface area contributed by atoms with Crippen LogP contribution in [0.2, 0.25) is 0 Å². The standard InChI is InChI=1S/C22H33NO2/c1-5-6-7-8-9-10-11-12-13-18(2)23-19(3)22(24)20-14-16-21(25-4)17-15-20/h5-8,10-11,14-19,22-24H,9,12-13H2,1-4H3/b6-5-,8-7?,11-10?. The van der Waals surface area contributed by atoms with Gasteiger partial charge in [0.05, 0.1) is 13.2 Å². The lowest BCUT2D eigenvalue weighted by Crippen LogP contribution is -2.38. The van der Waals surface area contributed by atoms with Crippen molar-refractivity contribution in [2.24, 2.45) is 0 Å². The number of nitrogens with one attached hydrogen (secondary N) is 1. The van der Waals surface area contributed by atoms with Crippen molar-refractivity contribution in [2.45, 2.75) is 58.2 Å². The summed E-state index contributed by atoms with van der Waals surface area (Å²) in [6.07, 6.45) is 15.2. The number of rotatable bonds is 11. The molecule has 1 aromatic rings. The van der Waals surface area contributed by atoms with E-state index in [1.165, 1.54) is 0 Å². The van der Waals surface area contributed by atoms with E-state index < -0.39 is 6.10 Å². The van der Waals surface area contributed by atoms with E-state index in [4.69, 9.17) is 4.74 Å². The first-order chi connectivity index (χ1) is 12.1. The number of hydrogen-bond donors (Lipinski definition) is 2. The summed E-state index contributed by atoms with van der Waals surface area (Å²) >= 11 is 0. The Morgan fingerprint density at radius 3 is 2.44 bits per heavy atom. The summed E-state index contributed by atoms with van der Waals surface area (Å²) in [5, 5.41) is 14.0. The Balaban J connectivity index is 2.32. The first kappa shape index (κ1) is 21.2. The molecule has 3 unspecified atom stereocenters. The van der Waals surface area contributed by atoms with Gasteiger partial charge in [-0.2, -0.15) is 0 Å². The van der Waals surface area contributed by atoms with Gasteiger partial charge in [-0.05, 0) is 57.7 Å². The molecule has 1 aromatic carbocycles. The zero-order chi connectivity index (χ0) is 18.5. The number of benzene rings is 1. The van der Waals surface area contributed by atoms with Gasteiger partial charge in [-0.3, -0.25) is 0 Å². The molecular formula is C22H33NO2. The first-order valence-corrected chi connectivity index (χ1v) is 9.09. The number of aliphatic hydroxyl groups is 1. The summed E-state index contributed by atoms with van der Waals surface area (Å²) < 4.78 is 5.15. The number of allylic oxidation sites excluding steroid dienone is 6. The van der Waals surface area contributed by atoms with Crippen LogP contribution < -0.4 is 10.1 Å². The second kappa shape index (κ2) is 12.5. The second-order valence-electron chi connectivity index (χ2n) is 6.31. The van der Waals surface area contributed by atoms with Crippen molar-refractivity contribution in [1.82, 2.24) is 5.32 Å². The fraction of sp³-hybridized carbons (Fsp3) is 0.455. The molecule has 138 valence electrons. The van der Waals surface area contributed by atoms with Gasteiger partial charge in [-0.1, -0.05) is 48.6 Å². The minimum absolute atomic E-state index is 0.00358. The molecule has 1 rings (SSSR count). The highest BCUT2D eigenvalue weighted by Gasteiger charge is 2.17. The molecule has 0 radical (unpaired) electrons. The predicted octanol–water partition coefficient (Wildman–Crippen LogP) is 4.95. The summed E-state index contributed by atoms with van der Waals surface area (Å²) in [5.41, 5.74) is 0.904. The van der Waals surface area contributed by atoms with Crippen molar-refractivity contribution in [3.63, 3.8) is 0 Å². The molecule has 0 heterocycles. The molecule has 0 saturated heterocycles. The van der Waals surface area contributed by atoms with Gasteiger partial charge in [-0.15, -0.1) is 0 Å². The van der Waals surface area contributed by atoms with Gasteiger partial charge in [-0.25, -0.2) is 0 Å². The molecule has 0 spiro atoms. The number of ether oxygens (including phenoxy) is 1. The minimum atomic E-state index is -0.527. The molecule has 3 heteroatoms. The summed E-state index contributed by atoms with van der Waals surface area (Å²) in [5.74, 6) is 0.803. The monoisotopic (exact) mass is 343 g/mol. The van der Waals surface area contributed by atoms with Gasteiger partial charge in [0.1, 0.15) is 5.75 Å². The molecule has 0 aliphatic heterocycles. The molecule has 3 nitrogen and oxygen atoms in total. The van der Waals surface area contributed by atoms with Crippen LogP contribution in [-0.4, -0.2) is 24.3 Å². The summed E-state index contributed by atoms with van der Waals surface area (Å²) in [7, 11) is 1.64. The molecule has 0 saturated carbocycles. The lowest BCUT2D eigenvalue weighted by Gasteiger charge is -2.24. The van der Waals surface area contributed by atoms with Crippen LogP contribution >= 0.6 is 0 Å². The topological polar surface area (TPSA) is 41.5 Å². The van der Waals surface area contributed by atoms with E-state index in [0.717, 1.165) is 30.6 Å². The highest BCUT2D eigenvalue weighted by Crippen LogP contribution is 2.20. The Labute approximate surface area is 153 Å². The van der Waals surface area contributed by atoms with Crippen LogP contribution in [-0.2, 0) is 0 Å². The zero-order valence-corrected chi connectivity index (χ0v) is 16.0. The number of hydrogen-bond acceptors (Lipinski definition) is 3. The minimum Gasteiger partial charge on any atom is -0.497 e. The van der Waals surface area contributed by atoms with Gasteiger partial charge in [0.25, 0.3) is 0 Å². The van der Waals surface area contributed by atoms with Gasteiger partial charge in [0.15, 0.2) is 0 Å². The van der Waals surface area contributed by atoms with Crippen LogP contribution in [0.1, 0.15) is 51.7 Å². The van der Waals surface area contributed by atoms with Crippen LogP contribution in [0.5, 0.6) is 5.75 Å². The van der Waals surface area contributed by atoms with Gasteiger partial charge < -0.3 is 15.2 Å². The molecule has 3 atom stereocenters. The van der Waals surface area contributed by atoms with Crippen molar-refractivity contribution in [1.29, 1.82) is 0 Å². The van der Waals surface area contributed by atoms with E-state index >= 15 is 0 Å². The van der Waals surface area contributed by atoms with Gasteiger partial charge in [0, 0.05) is 12.1 Å². The fourth-order valence-corrected chi connectivity index (χ4v) is 2.62. The molecule has 0 aliphatic rings. The predicted molar refractivity (Wildman–Crippen MR) is 107 cm³/mol. The molecule has 0 amide bonds. The van der Waals surface area contributed by atoms with E-state index in [9.17, 15) is 5.11 Å². The Bertz CT molecular complexity index is 546. The molecule has 0 aromatic heterocycles. The zero-order valence-electron chi connectivity index (χ0n) is 16.0. The first-order valence-electron chi connectivity index (χ1n) is 9.09. The highest BCUT2D eigenvalue weighted by molar-refractivity contribution is 5.29. The van der Waals surface area contributed by atoms with Crippen LogP contribution in [0.3, 0.4) is 0 Å². The number of methoxy groups -OCH3 is 1. The highest BCUT2D eigenvalue weighted by atomic mass is 16.5. The summed E-state index contributed by atoms with van der Waals surface area (Å²) in [6, 6.07) is 7.93. The smallest absolute Gasteiger partial charge is 0.118 e. The average Bonchev–Trinajstić information content (AvgIpc) is 2.63. The SMILES string of the molecule is C/C=C\C=CCC=CCCC(C)NC(C)C(O)c1ccc(OC)cc1. The summed E-state index contributed by atoms with van der Waals surface area (Å²) in [6.45, 7) is 6.20. The Morgan fingerprint density at radius 1 is 1.08 bits per heavy atom. The molecule has 25 heavy (non-hydrogen) atoms. The Hall–Kier alpha value is -1.84. The lowest BCUT2D eigenvalue weighted by atomic mass is 10.0. The molecular weight excluding hydrogens is 310 g/mol. The van der Waals surface area contributed by atoms with Crippen molar-refractivity contribution in [3.8, 4) is 5.75 Å². The maximum Gasteiger partial charge on any atom is 0.118 e. The maximum absolute atomic E-state index is 10.5. The second-order valence-corrected chi connectivity index (χ2v) is 6.31. The van der Waals surface area contributed by atoms with Crippen LogP contribution in [0, 0.1) is 0 Å². The Morgan fingerprint density at radius 2 is 1.80 bits per heavy atom. The van der Waals surface area contributed by atoms with Gasteiger partial charge in [0.2, 0.25) is 0 Å². The number of aliphatic hydroxyl groups excluding tert-OH is 1. The molecule has 0 bridgehead atoms. The molecule has 0 fully saturated rings. The van der Waals surface area contributed by atoms with E-state index in [-0.39, 0.29) is 6.04 Å². The van der Waals surface area contributed by atoms with E-state index in [2.05, 4.69) is 36.5 Å². The fourth-order valence-electron chi connectivity index (χ4n) is 2.62. The lowest BCUT2D eigenvalue weighted by molar-refractivity contribution is 0.130. The molecule has 0 aliphatic carbocycles. The van der Waals surface area contributed by atoms with Crippen molar-refractivity contribution in [2.75, 3.05) is 7.11 Å². The van der Waals surface area contributed by atoms with Crippen molar-refractivity contribution in [3.05, 3.63) is 66.3 Å².